The highest BCUT2D eigenvalue weighted by molar-refractivity contribution is 7.93. The van der Waals surface area contributed by atoms with Gasteiger partial charge in [-0.05, 0) is 31.9 Å². The maximum atomic E-state index is 12.5. The molecular formula is C13H20N4O4S. The molecule has 8 nitrogen and oxygen atoms in total. The number of sulfone groups is 1. The van der Waals surface area contributed by atoms with Gasteiger partial charge in [-0.3, -0.25) is 4.99 Å². The van der Waals surface area contributed by atoms with Crippen LogP contribution in [0.5, 0.6) is 0 Å². The van der Waals surface area contributed by atoms with E-state index < -0.39 is 20.7 Å². The maximum Gasteiger partial charge on any atom is 0.339 e. The number of aryl methyl sites for hydroxylation is 1. The third kappa shape index (κ3) is 3.74. The number of rotatable bonds is 7. The summed E-state index contributed by atoms with van der Waals surface area (Å²) in [5, 5.41) is 9.30. The van der Waals surface area contributed by atoms with Crippen LogP contribution in [0.2, 0.25) is 0 Å². The summed E-state index contributed by atoms with van der Waals surface area (Å²) in [4.78, 5) is 12.6. The average Bonchev–Trinajstić information content (AvgIpc) is 2.43. The summed E-state index contributed by atoms with van der Waals surface area (Å²) in [7, 11) is -4.25. The molecule has 0 fully saturated rings. The molecule has 0 aromatic heterocycles. The van der Waals surface area contributed by atoms with Crippen LogP contribution in [0.3, 0.4) is 0 Å². The Morgan fingerprint density at radius 3 is 2.27 bits per heavy atom. The molecule has 0 radical (unpaired) electrons. The predicted molar refractivity (Wildman–Crippen MR) is 82.8 cm³/mol. The molecule has 1 rings (SSSR count). The van der Waals surface area contributed by atoms with E-state index in [2.05, 4.69) is 4.99 Å². The number of carboxylic acids is 1. The number of guanidine groups is 1. The largest absolute Gasteiger partial charge is 0.479 e. The number of hydrogen-bond acceptors (Lipinski definition) is 5. The van der Waals surface area contributed by atoms with E-state index in [9.17, 15) is 18.3 Å². The zero-order chi connectivity index (χ0) is 17.0. The Labute approximate surface area is 128 Å². The molecule has 0 aliphatic rings. The normalized spacial score (nSPS) is 14.1. The number of aliphatic carboxylic acids is 1. The van der Waals surface area contributed by atoms with Gasteiger partial charge >= 0.3 is 5.97 Å². The van der Waals surface area contributed by atoms with Crippen molar-refractivity contribution in [3.63, 3.8) is 0 Å². The summed E-state index contributed by atoms with van der Waals surface area (Å²) in [5.41, 5.74) is 16.9. The monoisotopic (exact) mass is 328 g/mol. The van der Waals surface area contributed by atoms with Crippen LogP contribution in [0.25, 0.3) is 0 Å². The van der Waals surface area contributed by atoms with Crippen molar-refractivity contribution < 1.29 is 18.3 Å². The molecule has 7 N–H and O–H groups in total. The second-order valence-corrected chi connectivity index (χ2v) is 7.13. The minimum Gasteiger partial charge on any atom is -0.479 e. The van der Waals surface area contributed by atoms with E-state index in [4.69, 9.17) is 17.2 Å². The number of carbonyl (C=O) groups is 1. The highest BCUT2D eigenvalue weighted by Crippen LogP contribution is 2.26. The van der Waals surface area contributed by atoms with Crippen molar-refractivity contribution in [1.29, 1.82) is 0 Å². The van der Waals surface area contributed by atoms with E-state index in [-0.39, 0.29) is 30.2 Å². The third-order valence-electron chi connectivity index (χ3n) is 3.17. The van der Waals surface area contributed by atoms with E-state index in [1.165, 1.54) is 12.1 Å². The molecule has 1 unspecified atom stereocenters. The van der Waals surface area contributed by atoms with Gasteiger partial charge in [-0.2, -0.15) is 0 Å². The fourth-order valence-electron chi connectivity index (χ4n) is 1.83. The summed E-state index contributed by atoms with van der Waals surface area (Å²) < 4.78 is 25.1. The van der Waals surface area contributed by atoms with Gasteiger partial charge in [0.2, 0.25) is 14.7 Å². The van der Waals surface area contributed by atoms with Crippen LogP contribution < -0.4 is 17.2 Å². The van der Waals surface area contributed by atoms with Crippen molar-refractivity contribution in [2.75, 3.05) is 6.54 Å². The van der Waals surface area contributed by atoms with Crippen molar-refractivity contribution >= 4 is 21.8 Å². The zero-order valence-corrected chi connectivity index (χ0v) is 13.0. The van der Waals surface area contributed by atoms with E-state index >= 15 is 0 Å². The molecule has 22 heavy (non-hydrogen) atoms. The van der Waals surface area contributed by atoms with Gasteiger partial charge in [-0.15, -0.1) is 0 Å². The van der Waals surface area contributed by atoms with E-state index in [1.807, 2.05) is 0 Å². The Bertz CT molecular complexity index is 666. The fourth-order valence-corrected chi connectivity index (χ4v) is 3.39. The smallest absolute Gasteiger partial charge is 0.339 e. The molecule has 0 spiro atoms. The first kappa shape index (κ1) is 17.9. The fraction of sp³-hybridized carbons (Fsp3) is 0.385. The Balaban J connectivity index is 3.09. The van der Waals surface area contributed by atoms with Gasteiger partial charge in [0.25, 0.3) is 0 Å². The van der Waals surface area contributed by atoms with Gasteiger partial charge in [0, 0.05) is 6.54 Å². The van der Waals surface area contributed by atoms with Crippen LogP contribution in [0.15, 0.2) is 34.2 Å². The molecule has 0 saturated carbocycles. The number of nitrogens with zero attached hydrogens (tertiary/aromatic N) is 1. The Morgan fingerprint density at radius 2 is 1.82 bits per heavy atom. The summed E-state index contributed by atoms with van der Waals surface area (Å²) >= 11 is 0. The molecule has 1 aromatic carbocycles. The van der Waals surface area contributed by atoms with Crippen LogP contribution in [0.1, 0.15) is 18.4 Å². The quantitative estimate of drug-likeness (QED) is 0.299. The van der Waals surface area contributed by atoms with Gasteiger partial charge < -0.3 is 22.3 Å². The lowest BCUT2D eigenvalue weighted by Gasteiger charge is -2.24. The van der Waals surface area contributed by atoms with Gasteiger partial charge in [0.15, 0.2) is 5.96 Å². The number of hydrogen-bond donors (Lipinski definition) is 4. The van der Waals surface area contributed by atoms with Crippen molar-refractivity contribution in [2.45, 2.75) is 29.5 Å². The SMILES string of the molecule is Cc1ccc(S(=O)(=O)C(N)(CCCN=C(N)N)C(=O)O)cc1. The molecule has 0 aliphatic carbocycles. The average molecular weight is 328 g/mol. The zero-order valence-electron chi connectivity index (χ0n) is 12.2. The van der Waals surface area contributed by atoms with Gasteiger partial charge in [0.05, 0.1) is 4.90 Å². The summed E-state index contributed by atoms with van der Waals surface area (Å²) in [5.74, 6) is -1.77. The minimum absolute atomic E-state index is 0.0952. The molecule has 0 bridgehead atoms. The van der Waals surface area contributed by atoms with Crippen LogP contribution in [0.4, 0.5) is 0 Å². The molecule has 9 heteroatoms. The summed E-state index contributed by atoms with van der Waals surface area (Å²) in [6.45, 7) is 1.89. The second-order valence-electron chi connectivity index (χ2n) is 4.92. The maximum absolute atomic E-state index is 12.5. The van der Waals surface area contributed by atoms with Crippen molar-refractivity contribution in [3.05, 3.63) is 29.8 Å². The number of carboxylic acid groups (broad SMARTS) is 1. The molecule has 1 atom stereocenters. The van der Waals surface area contributed by atoms with Gasteiger partial charge in [-0.1, -0.05) is 17.7 Å². The molecular weight excluding hydrogens is 308 g/mol. The summed E-state index contributed by atoms with van der Waals surface area (Å²) in [6.07, 6.45) is -0.193. The first-order valence-corrected chi connectivity index (χ1v) is 7.98. The minimum atomic E-state index is -4.25. The highest BCUT2D eigenvalue weighted by Gasteiger charge is 2.47. The topological polar surface area (TPSA) is 162 Å². The van der Waals surface area contributed by atoms with Crippen molar-refractivity contribution in [2.24, 2.45) is 22.2 Å². The predicted octanol–water partition coefficient (Wildman–Crippen LogP) is -0.438. The lowest BCUT2D eigenvalue weighted by Crippen LogP contribution is -2.54. The Kier molecular flexibility index (Phi) is 5.50. The number of aliphatic imine (C=N–C) groups is 1. The number of nitrogens with two attached hydrogens (primary N) is 3. The van der Waals surface area contributed by atoms with Crippen LogP contribution in [-0.2, 0) is 14.6 Å². The van der Waals surface area contributed by atoms with Crippen molar-refractivity contribution in [1.82, 2.24) is 0 Å². The standard InChI is InChI=1S/C13H20N4O4S/c1-9-3-5-10(6-4-9)22(20,21)13(16,11(18)19)7-2-8-17-12(14)15/h3-6H,2,7-8,16H2,1H3,(H,18,19)(H4,14,15,17). The van der Waals surface area contributed by atoms with Crippen molar-refractivity contribution in [3.8, 4) is 0 Å². The molecule has 0 heterocycles. The lowest BCUT2D eigenvalue weighted by atomic mass is 10.1. The second kappa shape index (κ2) is 6.75. The first-order valence-electron chi connectivity index (χ1n) is 6.50. The first-order chi connectivity index (χ1) is 10.1. The van der Waals surface area contributed by atoms with Crippen LogP contribution in [0, 0.1) is 6.92 Å². The van der Waals surface area contributed by atoms with Crippen LogP contribution in [-0.4, -0.2) is 36.9 Å². The molecule has 1 aromatic rings. The van der Waals surface area contributed by atoms with E-state index in [0.29, 0.717) is 0 Å². The van der Waals surface area contributed by atoms with Gasteiger partial charge in [0.1, 0.15) is 0 Å². The summed E-state index contributed by atoms with van der Waals surface area (Å²) in [6, 6.07) is 5.83. The molecule has 0 saturated heterocycles. The van der Waals surface area contributed by atoms with E-state index in [1.54, 1.807) is 19.1 Å². The Hall–Kier alpha value is -2.13. The van der Waals surface area contributed by atoms with Crippen LogP contribution >= 0.6 is 0 Å². The number of benzene rings is 1. The molecule has 0 aliphatic heterocycles. The highest BCUT2D eigenvalue weighted by atomic mass is 32.2. The van der Waals surface area contributed by atoms with Gasteiger partial charge in [-0.25, -0.2) is 13.2 Å². The molecule has 0 amide bonds. The lowest BCUT2D eigenvalue weighted by molar-refractivity contribution is -0.140. The van der Waals surface area contributed by atoms with E-state index in [0.717, 1.165) is 5.56 Å². The molecule has 122 valence electrons. The Morgan fingerprint density at radius 1 is 1.27 bits per heavy atom. The third-order valence-corrected chi connectivity index (χ3v) is 5.40.